The van der Waals surface area contributed by atoms with Crippen LogP contribution in [0.1, 0.15) is 47.0 Å². The topological polar surface area (TPSA) is 0 Å². The van der Waals surface area contributed by atoms with Gasteiger partial charge in [0.1, 0.15) is 0 Å². The molecule has 0 radical (unpaired) electrons. The summed E-state index contributed by atoms with van der Waals surface area (Å²) in [7, 11) is 0. The summed E-state index contributed by atoms with van der Waals surface area (Å²) in [6.07, 6.45) is 4.45. The van der Waals surface area contributed by atoms with Crippen molar-refractivity contribution in [3.63, 3.8) is 0 Å². The summed E-state index contributed by atoms with van der Waals surface area (Å²) < 4.78 is 0. The quantitative estimate of drug-likeness (QED) is 0.498. The second-order valence-corrected chi connectivity index (χ2v) is 5.61. The molecule has 0 N–H and O–H groups in total. The van der Waals surface area contributed by atoms with Crippen molar-refractivity contribution in [2.75, 3.05) is 0 Å². The van der Waals surface area contributed by atoms with Gasteiger partial charge in [-0.3, -0.25) is 0 Å². The second-order valence-electron chi connectivity index (χ2n) is 5.61. The average molecular weight is 152 g/mol. The molecule has 0 nitrogen and oxygen atoms in total. The molecule has 0 amide bonds. The maximum absolute atomic E-state index is 2.48. The van der Waals surface area contributed by atoms with Crippen molar-refractivity contribution < 1.29 is 0 Å². The summed E-state index contributed by atoms with van der Waals surface area (Å²) in [5, 5.41) is 0. The van der Waals surface area contributed by atoms with E-state index in [0.717, 1.165) is 11.8 Å². The van der Waals surface area contributed by atoms with Crippen LogP contribution >= 0.6 is 0 Å². The molecule has 0 heterocycles. The third kappa shape index (κ3) is 0.711. The summed E-state index contributed by atoms with van der Waals surface area (Å²) in [6.45, 7) is 9.86. The molecule has 0 saturated heterocycles. The minimum Gasteiger partial charge on any atom is -0.0622 e. The monoisotopic (exact) mass is 152 g/mol. The van der Waals surface area contributed by atoms with E-state index in [-0.39, 0.29) is 0 Å². The first-order chi connectivity index (χ1) is 4.97. The fourth-order valence-corrected chi connectivity index (χ4v) is 3.40. The molecule has 3 fully saturated rings. The first-order valence-corrected chi connectivity index (χ1v) is 4.97. The molecule has 2 bridgehead atoms. The molecule has 3 atom stereocenters. The Morgan fingerprint density at radius 3 is 2.18 bits per heavy atom. The van der Waals surface area contributed by atoms with E-state index in [1.807, 2.05) is 0 Å². The zero-order valence-electron chi connectivity index (χ0n) is 8.28. The van der Waals surface area contributed by atoms with Crippen LogP contribution in [0.4, 0.5) is 0 Å². The first kappa shape index (κ1) is 7.64. The van der Waals surface area contributed by atoms with E-state index in [0.29, 0.717) is 10.8 Å². The smallest absolute Gasteiger partial charge is 0.0269 e. The molecule has 0 aliphatic heterocycles. The Kier molecular flexibility index (Phi) is 1.28. The molecule has 0 heteroatoms. The van der Waals surface area contributed by atoms with Gasteiger partial charge in [-0.15, -0.1) is 0 Å². The Morgan fingerprint density at radius 2 is 1.82 bits per heavy atom. The van der Waals surface area contributed by atoms with Crippen LogP contribution in [0.3, 0.4) is 0 Å². The van der Waals surface area contributed by atoms with Gasteiger partial charge < -0.3 is 0 Å². The van der Waals surface area contributed by atoms with Crippen LogP contribution in [-0.2, 0) is 0 Å². The van der Waals surface area contributed by atoms with Crippen molar-refractivity contribution in [3.05, 3.63) is 0 Å². The van der Waals surface area contributed by atoms with Gasteiger partial charge in [-0.1, -0.05) is 27.7 Å². The van der Waals surface area contributed by atoms with Crippen molar-refractivity contribution >= 4 is 0 Å². The van der Waals surface area contributed by atoms with Gasteiger partial charge in [-0.2, -0.15) is 0 Å². The molecule has 0 aromatic carbocycles. The molecule has 3 unspecified atom stereocenters. The molecule has 3 aliphatic rings. The Bertz CT molecular complexity index is 176. The van der Waals surface area contributed by atoms with E-state index in [9.17, 15) is 0 Å². The predicted molar refractivity (Wildman–Crippen MR) is 48.4 cm³/mol. The zero-order chi connectivity index (χ0) is 8.28. The number of hydrogen-bond acceptors (Lipinski definition) is 0. The zero-order valence-corrected chi connectivity index (χ0v) is 8.28. The molecule has 0 aromatic rings. The predicted octanol–water partition coefficient (Wildman–Crippen LogP) is 3.47. The van der Waals surface area contributed by atoms with Gasteiger partial charge in [0.15, 0.2) is 0 Å². The van der Waals surface area contributed by atoms with Gasteiger partial charge in [0.2, 0.25) is 0 Å². The molecular weight excluding hydrogens is 132 g/mol. The molecular formula is C11H20. The lowest BCUT2D eigenvalue weighted by atomic mass is 9.38. The molecule has 64 valence electrons. The Balaban J connectivity index is 2.25. The fraction of sp³-hybridized carbons (Fsp3) is 1.00. The lowest BCUT2D eigenvalue weighted by Crippen LogP contribution is -2.58. The number of hydrogen-bond donors (Lipinski definition) is 0. The second kappa shape index (κ2) is 1.84. The Hall–Kier alpha value is 0. The van der Waals surface area contributed by atoms with Gasteiger partial charge in [-0.05, 0) is 41.9 Å². The van der Waals surface area contributed by atoms with E-state index in [2.05, 4.69) is 27.7 Å². The lowest BCUT2D eigenvalue weighted by molar-refractivity contribution is -0.174. The highest BCUT2D eigenvalue weighted by molar-refractivity contribution is 5.09. The van der Waals surface area contributed by atoms with Crippen molar-refractivity contribution in [3.8, 4) is 0 Å². The third-order valence-electron chi connectivity index (χ3n) is 4.99. The van der Waals surface area contributed by atoms with E-state index in [4.69, 9.17) is 0 Å². The molecule has 3 saturated carbocycles. The molecule has 0 aromatic heterocycles. The standard InChI is InChI=1S/C11H20/c1-8-5-6-11(4)7-9(8)10(11,2)3/h8-9H,5-7H2,1-4H3. The van der Waals surface area contributed by atoms with E-state index >= 15 is 0 Å². The fourth-order valence-electron chi connectivity index (χ4n) is 3.40. The van der Waals surface area contributed by atoms with Gasteiger partial charge in [-0.25, -0.2) is 0 Å². The summed E-state index contributed by atoms with van der Waals surface area (Å²) in [5.74, 6) is 2.02. The lowest BCUT2D eigenvalue weighted by Gasteiger charge is -2.67. The van der Waals surface area contributed by atoms with Crippen LogP contribution < -0.4 is 0 Å². The highest BCUT2D eigenvalue weighted by Crippen LogP contribution is 2.68. The van der Waals surface area contributed by atoms with Crippen molar-refractivity contribution in [2.24, 2.45) is 22.7 Å². The largest absolute Gasteiger partial charge is 0.0622 e. The Morgan fingerprint density at radius 1 is 1.18 bits per heavy atom. The van der Waals surface area contributed by atoms with Gasteiger partial charge in [0, 0.05) is 0 Å². The van der Waals surface area contributed by atoms with Crippen LogP contribution in [0.2, 0.25) is 0 Å². The van der Waals surface area contributed by atoms with Gasteiger partial charge in [0.05, 0.1) is 0 Å². The van der Waals surface area contributed by atoms with Crippen LogP contribution in [-0.4, -0.2) is 0 Å². The molecule has 11 heavy (non-hydrogen) atoms. The summed E-state index contributed by atoms with van der Waals surface area (Å²) >= 11 is 0. The van der Waals surface area contributed by atoms with Crippen LogP contribution in [0.5, 0.6) is 0 Å². The van der Waals surface area contributed by atoms with Crippen molar-refractivity contribution in [2.45, 2.75) is 47.0 Å². The van der Waals surface area contributed by atoms with Crippen LogP contribution in [0.15, 0.2) is 0 Å². The van der Waals surface area contributed by atoms with Crippen molar-refractivity contribution in [1.82, 2.24) is 0 Å². The average Bonchev–Trinajstić information content (AvgIpc) is 1.94. The number of fused-ring (bicyclic) bond motifs is 2. The van der Waals surface area contributed by atoms with E-state index in [1.165, 1.54) is 19.3 Å². The van der Waals surface area contributed by atoms with Gasteiger partial charge >= 0.3 is 0 Å². The van der Waals surface area contributed by atoms with E-state index in [1.54, 1.807) is 0 Å². The number of rotatable bonds is 0. The molecule has 0 spiro atoms. The minimum absolute atomic E-state index is 0.644. The normalized spacial score (nSPS) is 53.5. The summed E-state index contributed by atoms with van der Waals surface area (Å²) in [6, 6.07) is 0. The van der Waals surface area contributed by atoms with Gasteiger partial charge in [0.25, 0.3) is 0 Å². The Labute approximate surface area is 70.4 Å². The highest BCUT2D eigenvalue weighted by Gasteiger charge is 2.60. The maximum Gasteiger partial charge on any atom is -0.0269 e. The summed E-state index contributed by atoms with van der Waals surface area (Å²) in [4.78, 5) is 0. The van der Waals surface area contributed by atoms with E-state index < -0.39 is 0 Å². The van der Waals surface area contributed by atoms with Crippen LogP contribution in [0, 0.1) is 22.7 Å². The van der Waals surface area contributed by atoms with Crippen LogP contribution in [0.25, 0.3) is 0 Å². The SMILES string of the molecule is CC1CCC2(C)CC1C2(C)C. The minimum atomic E-state index is 0.644. The molecule has 3 rings (SSSR count). The first-order valence-electron chi connectivity index (χ1n) is 4.97. The third-order valence-corrected chi connectivity index (χ3v) is 4.99. The maximum atomic E-state index is 2.48. The van der Waals surface area contributed by atoms with Crippen molar-refractivity contribution in [1.29, 1.82) is 0 Å². The summed E-state index contributed by atoms with van der Waals surface area (Å²) in [5.41, 5.74) is 1.34. The highest BCUT2D eigenvalue weighted by atomic mass is 14.6. The molecule has 3 aliphatic carbocycles.